The maximum absolute atomic E-state index is 12.0. The second kappa shape index (κ2) is 5.40. The first-order valence-electron chi connectivity index (χ1n) is 6.23. The van der Waals surface area contributed by atoms with Crippen molar-refractivity contribution in [1.29, 1.82) is 0 Å². The van der Waals surface area contributed by atoms with Crippen molar-refractivity contribution < 1.29 is 14.7 Å². The lowest BCUT2D eigenvalue weighted by Crippen LogP contribution is -2.50. The molecule has 1 amide bonds. The van der Waals surface area contributed by atoms with Crippen molar-refractivity contribution in [2.24, 2.45) is 5.16 Å². The molecule has 2 N–H and O–H groups in total. The van der Waals surface area contributed by atoms with Crippen molar-refractivity contribution in [2.45, 2.75) is 31.9 Å². The Balaban J connectivity index is 1.96. The number of nitrogens with zero attached hydrogens (tertiary/aromatic N) is 1. The number of rotatable bonds is 4. The Labute approximate surface area is 112 Å². The van der Waals surface area contributed by atoms with E-state index in [4.69, 9.17) is 9.94 Å². The molecule has 1 atom stereocenters. The second-order valence-corrected chi connectivity index (χ2v) is 5.23. The SMILES string of the molecule is CC(C)(CO)NC(=O)C1CC(c2ccccc2)=NO1. The van der Waals surface area contributed by atoms with Crippen molar-refractivity contribution >= 4 is 11.6 Å². The average molecular weight is 262 g/mol. The van der Waals surface area contributed by atoms with Gasteiger partial charge in [0.05, 0.1) is 17.9 Å². The van der Waals surface area contributed by atoms with Gasteiger partial charge < -0.3 is 15.3 Å². The highest BCUT2D eigenvalue weighted by Crippen LogP contribution is 2.17. The van der Waals surface area contributed by atoms with Gasteiger partial charge in [-0.25, -0.2) is 0 Å². The third-order valence-electron chi connectivity index (χ3n) is 2.93. The number of carbonyl (C=O) groups excluding carboxylic acids is 1. The van der Waals surface area contributed by atoms with Crippen LogP contribution in [0, 0.1) is 0 Å². The minimum Gasteiger partial charge on any atom is -0.394 e. The zero-order valence-electron chi connectivity index (χ0n) is 11.1. The van der Waals surface area contributed by atoms with Crippen molar-refractivity contribution in [3.8, 4) is 0 Å². The Morgan fingerprint density at radius 1 is 1.47 bits per heavy atom. The summed E-state index contributed by atoms with van der Waals surface area (Å²) >= 11 is 0. The summed E-state index contributed by atoms with van der Waals surface area (Å²) in [6.45, 7) is 3.37. The summed E-state index contributed by atoms with van der Waals surface area (Å²) in [5.41, 5.74) is 1.07. The molecular formula is C14H18N2O3. The molecule has 1 aromatic carbocycles. The average Bonchev–Trinajstić information content (AvgIpc) is 2.89. The number of amides is 1. The van der Waals surface area contributed by atoms with Crippen LogP contribution in [0.2, 0.25) is 0 Å². The molecule has 102 valence electrons. The van der Waals surface area contributed by atoms with Gasteiger partial charge in [0.1, 0.15) is 0 Å². The minimum atomic E-state index is -0.657. The molecule has 0 saturated carbocycles. The smallest absolute Gasteiger partial charge is 0.264 e. The normalized spacial score (nSPS) is 18.7. The van der Waals surface area contributed by atoms with Gasteiger partial charge >= 0.3 is 0 Å². The first kappa shape index (κ1) is 13.5. The fourth-order valence-electron chi connectivity index (χ4n) is 1.77. The van der Waals surface area contributed by atoms with E-state index >= 15 is 0 Å². The number of aliphatic hydroxyl groups excluding tert-OH is 1. The predicted molar refractivity (Wildman–Crippen MR) is 71.8 cm³/mol. The zero-order chi connectivity index (χ0) is 13.9. The van der Waals surface area contributed by atoms with Gasteiger partial charge in [-0.15, -0.1) is 0 Å². The number of aliphatic hydroxyl groups is 1. The van der Waals surface area contributed by atoms with Gasteiger partial charge in [0.2, 0.25) is 6.10 Å². The molecule has 0 radical (unpaired) electrons. The number of hydrogen-bond donors (Lipinski definition) is 2. The molecule has 0 fully saturated rings. The monoisotopic (exact) mass is 262 g/mol. The largest absolute Gasteiger partial charge is 0.394 e. The zero-order valence-corrected chi connectivity index (χ0v) is 11.1. The molecule has 0 spiro atoms. The van der Waals surface area contributed by atoms with E-state index in [-0.39, 0.29) is 12.5 Å². The summed E-state index contributed by atoms with van der Waals surface area (Å²) < 4.78 is 0. The molecule has 0 bridgehead atoms. The summed E-state index contributed by atoms with van der Waals surface area (Å²) in [7, 11) is 0. The number of hydrogen-bond acceptors (Lipinski definition) is 4. The minimum absolute atomic E-state index is 0.127. The molecule has 1 aromatic rings. The Morgan fingerprint density at radius 2 is 2.16 bits per heavy atom. The predicted octanol–water partition coefficient (Wildman–Crippen LogP) is 1.07. The van der Waals surface area contributed by atoms with Gasteiger partial charge in [0, 0.05) is 6.42 Å². The van der Waals surface area contributed by atoms with E-state index in [9.17, 15) is 4.79 Å². The van der Waals surface area contributed by atoms with E-state index in [1.54, 1.807) is 13.8 Å². The van der Waals surface area contributed by atoms with Crippen LogP contribution in [-0.4, -0.2) is 35.0 Å². The van der Waals surface area contributed by atoms with Crippen LogP contribution >= 0.6 is 0 Å². The highest BCUT2D eigenvalue weighted by Gasteiger charge is 2.31. The van der Waals surface area contributed by atoms with Crippen molar-refractivity contribution in [2.75, 3.05) is 6.61 Å². The summed E-state index contributed by atoms with van der Waals surface area (Å²) in [5, 5.41) is 15.8. The van der Waals surface area contributed by atoms with E-state index in [0.717, 1.165) is 11.3 Å². The first-order chi connectivity index (χ1) is 9.02. The highest BCUT2D eigenvalue weighted by atomic mass is 16.6. The van der Waals surface area contributed by atoms with Gasteiger partial charge in [0.25, 0.3) is 5.91 Å². The second-order valence-electron chi connectivity index (χ2n) is 5.23. The Bertz CT molecular complexity index is 483. The van der Waals surface area contributed by atoms with E-state index in [1.165, 1.54) is 0 Å². The molecule has 0 aliphatic carbocycles. The lowest BCUT2D eigenvalue weighted by atomic mass is 10.0. The molecular weight excluding hydrogens is 244 g/mol. The highest BCUT2D eigenvalue weighted by molar-refractivity contribution is 6.04. The van der Waals surface area contributed by atoms with E-state index in [1.807, 2.05) is 30.3 Å². The van der Waals surface area contributed by atoms with Crippen LogP contribution in [0.15, 0.2) is 35.5 Å². The Kier molecular flexibility index (Phi) is 3.85. The molecule has 0 aromatic heterocycles. The third kappa shape index (κ3) is 3.32. The van der Waals surface area contributed by atoms with Crippen LogP contribution in [0.1, 0.15) is 25.8 Å². The van der Waals surface area contributed by atoms with Gasteiger partial charge in [-0.3, -0.25) is 4.79 Å². The van der Waals surface area contributed by atoms with Gasteiger partial charge in [-0.2, -0.15) is 0 Å². The van der Waals surface area contributed by atoms with Crippen LogP contribution in [0.4, 0.5) is 0 Å². The molecule has 0 saturated heterocycles. The molecule has 1 aliphatic rings. The standard InChI is InChI=1S/C14H18N2O3/c1-14(2,9-17)15-13(18)12-8-11(16-19-12)10-6-4-3-5-7-10/h3-7,12,17H,8-9H2,1-2H3,(H,15,18). The quantitative estimate of drug-likeness (QED) is 0.852. The fourth-order valence-corrected chi connectivity index (χ4v) is 1.77. The van der Waals surface area contributed by atoms with Crippen LogP contribution in [-0.2, 0) is 9.63 Å². The van der Waals surface area contributed by atoms with Gasteiger partial charge in [0.15, 0.2) is 0 Å². The van der Waals surface area contributed by atoms with Crippen molar-refractivity contribution in [3.05, 3.63) is 35.9 Å². The number of benzene rings is 1. The van der Waals surface area contributed by atoms with Gasteiger partial charge in [-0.1, -0.05) is 35.5 Å². The van der Waals surface area contributed by atoms with Crippen LogP contribution < -0.4 is 5.32 Å². The Morgan fingerprint density at radius 3 is 2.79 bits per heavy atom. The summed E-state index contributed by atoms with van der Waals surface area (Å²) in [5.74, 6) is -0.256. The van der Waals surface area contributed by atoms with Crippen LogP contribution in [0.25, 0.3) is 0 Å². The first-order valence-corrected chi connectivity index (χ1v) is 6.23. The number of carbonyl (C=O) groups is 1. The lowest BCUT2D eigenvalue weighted by molar-refractivity contribution is -0.133. The van der Waals surface area contributed by atoms with Crippen molar-refractivity contribution in [3.63, 3.8) is 0 Å². The fraction of sp³-hybridized carbons (Fsp3) is 0.429. The Hall–Kier alpha value is -1.88. The third-order valence-corrected chi connectivity index (χ3v) is 2.93. The van der Waals surface area contributed by atoms with E-state index < -0.39 is 11.6 Å². The van der Waals surface area contributed by atoms with E-state index in [2.05, 4.69) is 10.5 Å². The summed E-state index contributed by atoms with van der Waals surface area (Å²) in [4.78, 5) is 17.1. The number of oxime groups is 1. The number of nitrogens with one attached hydrogen (secondary N) is 1. The molecule has 5 nitrogen and oxygen atoms in total. The molecule has 5 heteroatoms. The van der Waals surface area contributed by atoms with Crippen LogP contribution in [0.5, 0.6) is 0 Å². The molecule has 19 heavy (non-hydrogen) atoms. The summed E-state index contributed by atoms with van der Waals surface area (Å²) in [6, 6.07) is 9.62. The van der Waals surface area contributed by atoms with Crippen LogP contribution in [0.3, 0.4) is 0 Å². The lowest BCUT2D eigenvalue weighted by Gasteiger charge is -2.24. The molecule has 1 aliphatic heterocycles. The van der Waals surface area contributed by atoms with Crippen molar-refractivity contribution in [1.82, 2.24) is 5.32 Å². The summed E-state index contributed by atoms with van der Waals surface area (Å²) in [6.07, 6.45) is -0.182. The molecule has 1 heterocycles. The van der Waals surface area contributed by atoms with Gasteiger partial charge in [-0.05, 0) is 19.4 Å². The molecule has 2 rings (SSSR count). The maximum atomic E-state index is 12.0. The maximum Gasteiger partial charge on any atom is 0.264 e. The van der Waals surface area contributed by atoms with E-state index in [0.29, 0.717) is 6.42 Å². The topological polar surface area (TPSA) is 70.9 Å². The molecule has 1 unspecified atom stereocenters.